The van der Waals surface area contributed by atoms with Crippen LogP contribution in [0.2, 0.25) is 0 Å². The maximum atomic E-state index is 5.84. The van der Waals surface area contributed by atoms with Crippen molar-refractivity contribution in [2.45, 2.75) is 38.8 Å². The molecule has 2 aliphatic rings. The molecule has 31 heavy (non-hydrogen) atoms. The van der Waals surface area contributed by atoms with Crippen molar-refractivity contribution in [2.24, 2.45) is 10.7 Å². The standard InChI is InChI=1S/C26H29N5/c1-19-22(9-6-16-29-19)18-31(23-12-10-20(17-27)11-13-23)26-25(28-2)15-14-24(30-26)21-7-4-3-5-8-21/h4,6-12,14-16,23H,2-3,5,13,17-18,27H2,1H3. The van der Waals surface area contributed by atoms with E-state index in [4.69, 9.17) is 10.7 Å². The Morgan fingerprint density at radius 3 is 2.77 bits per heavy atom. The van der Waals surface area contributed by atoms with Crippen LogP contribution in [0.4, 0.5) is 11.5 Å². The number of nitrogens with zero attached hydrogens (tertiary/aromatic N) is 4. The first-order valence-electron chi connectivity index (χ1n) is 10.8. The van der Waals surface area contributed by atoms with E-state index in [2.05, 4.69) is 64.1 Å². The van der Waals surface area contributed by atoms with Gasteiger partial charge in [-0.15, -0.1) is 0 Å². The van der Waals surface area contributed by atoms with Gasteiger partial charge in [-0.2, -0.15) is 0 Å². The van der Waals surface area contributed by atoms with Gasteiger partial charge in [-0.25, -0.2) is 4.98 Å². The van der Waals surface area contributed by atoms with Crippen LogP contribution in [0.1, 0.15) is 36.2 Å². The first-order chi connectivity index (χ1) is 15.2. The van der Waals surface area contributed by atoms with Crippen molar-refractivity contribution in [2.75, 3.05) is 11.4 Å². The van der Waals surface area contributed by atoms with Crippen LogP contribution < -0.4 is 10.6 Å². The Morgan fingerprint density at radius 1 is 1.19 bits per heavy atom. The maximum Gasteiger partial charge on any atom is 0.156 e. The quantitative estimate of drug-likeness (QED) is 0.646. The van der Waals surface area contributed by atoms with Gasteiger partial charge in [0.1, 0.15) is 5.69 Å². The number of aliphatic imine (C=N–C) groups is 1. The SMILES string of the molecule is C=Nc1ccc(C2=CCCC=C2)nc1N(Cc1cccnc1C)C1C=CC(CN)=CC1. The lowest BCUT2D eigenvalue weighted by molar-refractivity contribution is 0.669. The number of rotatable bonds is 7. The van der Waals surface area contributed by atoms with E-state index in [0.29, 0.717) is 13.1 Å². The second-order valence-electron chi connectivity index (χ2n) is 7.86. The summed E-state index contributed by atoms with van der Waals surface area (Å²) in [6.45, 7) is 7.10. The highest BCUT2D eigenvalue weighted by atomic mass is 15.2. The van der Waals surface area contributed by atoms with Crippen molar-refractivity contribution in [3.05, 3.63) is 89.4 Å². The van der Waals surface area contributed by atoms with E-state index in [1.54, 1.807) is 0 Å². The molecule has 0 amide bonds. The molecule has 0 aliphatic heterocycles. The van der Waals surface area contributed by atoms with Crippen molar-refractivity contribution in [1.82, 2.24) is 9.97 Å². The molecule has 0 fully saturated rings. The summed E-state index contributed by atoms with van der Waals surface area (Å²) in [5, 5.41) is 0. The normalized spacial score (nSPS) is 17.8. The molecule has 2 aromatic heterocycles. The van der Waals surface area contributed by atoms with Crippen LogP contribution in [-0.4, -0.2) is 29.3 Å². The van der Waals surface area contributed by atoms with E-state index in [1.165, 1.54) is 5.56 Å². The van der Waals surface area contributed by atoms with Crippen LogP contribution in [0.3, 0.4) is 0 Å². The molecule has 0 spiro atoms. The van der Waals surface area contributed by atoms with E-state index in [9.17, 15) is 0 Å². The molecule has 0 radical (unpaired) electrons. The van der Waals surface area contributed by atoms with Gasteiger partial charge in [-0.3, -0.25) is 9.98 Å². The summed E-state index contributed by atoms with van der Waals surface area (Å²) in [4.78, 5) is 16.2. The molecule has 2 heterocycles. The van der Waals surface area contributed by atoms with Gasteiger partial charge in [0.05, 0.1) is 11.7 Å². The molecule has 2 aromatic rings. The minimum atomic E-state index is 0.147. The van der Waals surface area contributed by atoms with Gasteiger partial charge in [0.2, 0.25) is 0 Å². The smallest absolute Gasteiger partial charge is 0.156 e. The monoisotopic (exact) mass is 411 g/mol. The van der Waals surface area contributed by atoms with E-state index >= 15 is 0 Å². The fraction of sp³-hybridized carbons (Fsp3) is 0.269. The van der Waals surface area contributed by atoms with E-state index < -0.39 is 0 Å². The summed E-state index contributed by atoms with van der Waals surface area (Å²) < 4.78 is 0. The molecular formula is C26H29N5. The minimum absolute atomic E-state index is 0.147. The first kappa shape index (κ1) is 20.9. The molecule has 1 unspecified atom stereocenters. The largest absolute Gasteiger partial charge is 0.344 e. The number of allylic oxidation sites excluding steroid dienone is 4. The third-order valence-corrected chi connectivity index (χ3v) is 5.83. The minimum Gasteiger partial charge on any atom is -0.344 e. The number of hydrogen-bond acceptors (Lipinski definition) is 5. The van der Waals surface area contributed by atoms with Gasteiger partial charge in [-0.05, 0) is 67.8 Å². The number of aromatic nitrogens is 2. The Morgan fingerprint density at radius 2 is 2.10 bits per heavy atom. The van der Waals surface area contributed by atoms with Crippen LogP contribution in [0.25, 0.3) is 5.57 Å². The summed E-state index contributed by atoms with van der Waals surface area (Å²) in [5.74, 6) is 0.842. The van der Waals surface area contributed by atoms with E-state index in [0.717, 1.165) is 53.3 Å². The topological polar surface area (TPSA) is 67.4 Å². The number of nitrogens with two attached hydrogens (primary N) is 1. The summed E-state index contributed by atoms with van der Waals surface area (Å²) >= 11 is 0. The van der Waals surface area contributed by atoms with Crippen molar-refractivity contribution < 1.29 is 0 Å². The molecule has 0 saturated heterocycles. The predicted octanol–water partition coefficient (Wildman–Crippen LogP) is 5.07. The zero-order chi connectivity index (χ0) is 21.6. The maximum absolute atomic E-state index is 5.84. The second-order valence-corrected chi connectivity index (χ2v) is 7.86. The molecule has 5 heteroatoms. The highest BCUT2D eigenvalue weighted by molar-refractivity contribution is 5.76. The fourth-order valence-electron chi connectivity index (χ4n) is 3.99. The number of pyridine rings is 2. The highest BCUT2D eigenvalue weighted by Gasteiger charge is 2.23. The zero-order valence-electron chi connectivity index (χ0n) is 18.0. The van der Waals surface area contributed by atoms with Crippen molar-refractivity contribution in [3.63, 3.8) is 0 Å². The summed E-state index contributed by atoms with van der Waals surface area (Å²) in [5.41, 5.74) is 12.1. The molecule has 158 valence electrons. The van der Waals surface area contributed by atoms with Gasteiger partial charge in [-0.1, -0.05) is 42.5 Å². The molecule has 2 N–H and O–H groups in total. The zero-order valence-corrected chi connectivity index (χ0v) is 18.0. The lowest BCUT2D eigenvalue weighted by atomic mass is 10.00. The van der Waals surface area contributed by atoms with E-state index in [1.807, 2.05) is 31.3 Å². The average Bonchev–Trinajstić information content (AvgIpc) is 2.84. The predicted molar refractivity (Wildman–Crippen MR) is 130 cm³/mol. The molecule has 4 rings (SSSR count). The highest BCUT2D eigenvalue weighted by Crippen LogP contribution is 2.34. The number of anilines is 1. The molecule has 0 aromatic carbocycles. The van der Waals surface area contributed by atoms with Crippen molar-refractivity contribution >= 4 is 23.8 Å². The molecule has 0 saturated carbocycles. The Balaban J connectivity index is 1.77. The Bertz CT molecular complexity index is 1080. The molecule has 2 aliphatic carbocycles. The lowest BCUT2D eigenvalue weighted by Gasteiger charge is -2.33. The van der Waals surface area contributed by atoms with Gasteiger partial charge in [0.25, 0.3) is 0 Å². The average molecular weight is 412 g/mol. The summed E-state index contributed by atoms with van der Waals surface area (Å²) in [6, 6.07) is 8.31. The van der Waals surface area contributed by atoms with Crippen LogP contribution >= 0.6 is 0 Å². The number of hydrogen-bond donors (Lipinski definition) is 1. The van der Waals surface area contributed by atoms with Crippen LogP contribution in [-0.2, 0) is 6.54 Å². The lowest BCUT2D eigenvalue weighted by Crippen LogP contribution is -2.35. The van der Waals surface area contributed by atoms with E-state index in [-0.39, 0.29) is 6.04 Å². The first-order valence-corrected chi connectivity index (χ1v) is 10.8. The summed E-state index contributed by atoms with van der Waals surface area (Å²) in [6.07, 6.45) is 18.0. The Hall–Kier alpha value is -3.31. The van der Waals surface area contributed by atoms with Gasteiger partial charge < -0.3 is 10.6 Å². The molecule has 0 bridgehead atoms. The Labute approximate surface area is 184 Å². The third kappa shape index (κ3) is 4.72. The van der Waals surface area contributed by atoms with Crippen molar-refractivity contribution in [1.29, 1.82) is 0 Å². The van der Waals surface area contributed by atoms with Gasteiger partial charge in [0, 0.05) is 25.0 Å². The second kappa shape index (κ2) is 9.67. The summed E-state index contributed by atoms with van der Waals surface area (Å²) in [7, 11) is 0. The number of aryl methyl sites for hydroxylation is 1. The molecule has 1 atom stereocenters. The van der Waals surface area contributed by atoms with Crippen LogP contribution in [0.5, 0.6) is 0 Å². The molecule has 5 nitrogen and oxygen atoms in total. The molecular weight excluding hydrogens is 382 g/mol. The van der Waals surface area contributed by atoms with Crippen LogP contribution in [0, 0.1) is 6.92 Å². The van der Waals surface area contributed by atoms with Crippen molar-refractivity contribution in [3.8, 4) is 0 Å². The fourth-order valence-corrected chi connectivity index (χ4v) is 3.99. The van der Waals surface area contributed by atoms with Crippen LogP contribution in [0.15, 0.2) is 77.5 Å². The van der Waals surface area contributed by atoms with Gasteiger partial charge >= 0.3 is 0 Å². The van der Waals surface area contributed by atoms with Gasteiger partial charge in [0.15, 0.2) is 5.82 Å². The Kier molecular flexibility index (Phi) is 6.53. The third-order valence-electron chi connectivity index (χ3n) is 5.83.